The molecule has 1 aromatic heterocycles. The van der Waals surface area contributed by atoms with Crippen LogP contribution >= 0.6 is 23.1 Å². The van der Waals surface area contributed by atoms with Crippen molar-refractivity contribution in [3.63, 3.8) is 0 Å². The van der Waals surface area contributed by atoms with Gasteiger partial charge in [-0.1, -0.05) is 59.9 Å². The van der Waals surface area contributed by atoms with Crippen LogP contribution in [-0.4, -0.2) is 53.6 Å². The number of benzene rings is 1. The lowest BCUT2D eigenvalue weighted by atomic mass is 10.1. The fourth-order valence-electron chi connectivity index (χ4n) is 2.29. The molecule has 0 aliphatic heterocycles. The fraction of sp³-hybridized carbons (Fsp3) is 0.500. The predicted molar refractivity (Wildman–Crippen MR) is 108 cm³/mol. The molecule has 0 spiro atoms. The Morgan fingerprint density at radius 1 is 1.31 bits per heavy atom. The quantitative estimate of drug-likeness (QED) is 0.465. The molecule has 1 aromatic carbocycles. The second-order valence-corrected chi connectivity index (χ2v) is 8.08. The summed E-state index contributed by atoms with van der Waals surface area (Å²) in [5.41, 5.74) is 2.38. The predicted octanol–water partition coefficient (Wildman–Crippen LogP) is 3.44. The number of ether oxygens (including phenoxy) is 1. The Balaban J connectivity index is 1.85. The van der Waals surface area contributed by atoms with Crippen molar-refractivity contribution in [1.82, 2.24) is 15.1 Å². The molecule has 0 bridgehead atoms. The van der Waals surface area contributed by atoms with E-state index in [1.807, 2.05) is 4.90 Å². The molecule has 0 aliphatic rings. The standard InChI is InChI=1S/C18H26N4O2S2/c1-4-10-22(12-15-7-5-14(2)6-8-15)16(23)13-25-18-21-20-17(26-18)19-9-11-24-3/h5-8H,4,9-13H2,1-3H3,(H,19,20). The van der Waals surface area contributed by atoms with Gasteiger partial charge in [-0.05, 0) is 18.9 Å². The van der Waals surface area contributed by atoms with E-state index in [4.69, 9.17) is 4.74 Å². The number of aryl methyl sites for hydroxylation is 1. The monoisotopic (exact) mass is 394 g/mol. The number of nitrogens with zero attached hydrogens (tertiary/aromatic N) is 3. The molecule has 0 atom stereocenters. The van der Waals surface area contributed by atoms with Gasteiger partial charge in [-0.25, -0.2) is 0 Å². The van der Waals surface area contributed by atoms with Crippen molar-refractivity contribution in [2.75, 3.05) is 37.9 Å². The molecule has 0 unspecified atom stereocenters. The smallest absolute Gasteiger partial charge is 0.233 e. The van der Waals surface area contributed by atoms with Crippen molar-refractivity contribution in [1.29, 1.82) is 0 Å². The highest BCUT2D eigenvalue weighted by molar-refractivity contribution is 8.01. The van der Waals surface area contributed by atoms with E-state index in [9.17, 15) is 4.79 Å². The van der Waals surface area contributed by atoms with Crippen molar-refractivity contribution < 1.29 is 9.53 Å². The highest BCUT2D eigenvalue weighted by Gasteiger charge is 2.15. The summed E-state index contributed by atoms with van der Waals surface area (Å²) in [6.45, 7) is 6.86. The van der Waals surface area contributed by atoms with Gasteiger partial charge in [-0.3, -0.25) is 4.79 Å². The summed E-state index contributed by atoms with van der Waals surface area (Å²) < 4.78 is 5.79. The van der Waals surface area contributed by atoms with Gasteiger partial charge in [0, 0.05) is 26.7 Å². The number of nitrogens with one attached hydrogen (secondary N) is 1. The van der Waals surface area contributed by atoms with Crippen LogP contribution in [-0.2, 0) is 16.1 Å². The number of carbonyl (C=O) groups excluding carboxylic acids is 1. The first-order valence-electron chi connectivity index (χ1n) is 8.64. The fourth-order valence-corrected chi connectivity index (χ4v) is 3.97. The number of thioether (sulfide) groups is 1. The molecule has 0 aliphatic carbocycles. The number of hydrogen-bond donors (Lipinski definition) is 1. The first-order chi connectivity index (χ1) is 12.6. The number of anilines is 1. The third kappa shape index (κ3) is 6.93. The number of amides is 1. The molecule has 6 nitrogen and oxygen atoms in total. The summed E-state index contributed by atoms with van der Waals surface area (Å²) in [6, 6.07) is 8.33. The molecule has 8 heteroatoms. The van der Waals surface area contributed by atoms with E-state index in [2.05, 4.69) is 53.6 Å². The van der Waals surface area contributed by atoms with Crippen LogP contribution in [0.3, 0.4) is 0 Å². The van der Waals surface area contributed by atoms with Crippen LogP contribution in [0.2, 0.25) is 0 Å². The van der Waals surface area contributed by atoms with E-state index >= 15 is 0 Å². The summed E-state index contributed by atoms with van der Waals surface area (Å²) in [7, 11) is 1.66. The molecule has 0 fully saturated rings. The van der Waals surface area contributed by atoms with Gasteiger partial charge in [-0.2, -0.15) is 0 Å². The molecular formula is C18H26N4O2S2. The van der Waals surface area contributed by atoms with E-state index in [0.29, 0.717) is 25.4 Å². The average Bonchev–Trinajstić information content (AvgIpc) is 3.09. The number of aromatic nitrogens is 2. The Hall–Kier alpha value is -1.64. The lowest BCUT2D eigenvalue weighted by Gasteiger charge is -2.22. The van der Waals surface area contributed by atoms with Gasteiger partial charge < -0.3 is 15.0 Å². The van der Waals surface area contributed by atoms with Gasteiger partial charge in [0.25, 0.3) is 0 Å². The maximum absolute atomic E-state index is 12.6. The van der Waals surface area contributed by atoms with Crippen LogP contribution in [0.4, 0.5) is 5.13 Å². The largest absolute Gasteiger partial charge is 0.383 e. The molecule has 2 aromatic rings. The Kier molecular flexibility index (Phi) is 8.87. The molecule has 0 radical (unpaired) electrons. The average molecular weight is 395 g/mol. The molecule has 2 rings (SSSR count). The molecule has 0 saturated heterocycles. The third-order valence-electron chi connectivity index (χ3n) is 3.65. The van der Waals surface area contributed by atoms with Crippen LogP contribution < -0.4 is 5.32 Å². The van der Waals surface area contributed by atoms with Gasteiger partial charge in [0.2, 0.25) is 11.0 Å². The second kappa shape index (κ2) is 11.2. The van der Waals surface area contributed by atoms with Gasteiger partial charge in [0.1, 0.15) is 0 Å². The zero-order valence-electron chi connectivity index (χ0n) is 15.5. The molecule has 1 heterocycles. The lowest BCUT2D eigenvalue weighted by molar-refractivity contribution is -0.129. The molecule has 0 saturated carbocycles. The zero-order chi connectivity index (χ0) is 18.8. The molecule has 1 amide bonds. The third-order valence-corrected chi connectivity index (χ3v) is 5.65. The maximum atomic E-state index is 12.6. The van der Waals surface area contributed by atoms with E-state index in [0.717, 1.165) is 28.0 Å². The summed E-state index contributed by atoms with van der Waals surface area (Å²) in [5.74, 6) is 0.500. The summed E-state index contributed by atoms with van der Waals surface area (Å²) >= 11 is 2.90. The minimum Gasteiger partial charge on any atom is -0.383 e. The van der Waals surface area contributed by atoms with Crippen LogP contribution in [0, 0.1) is 6.92 Å². The first kappa shape index (κ1) is 20.7. The molecular weight excluding hydrogens is 368 g/mol. The Labute approximate surface area is 163 Å². The zero-order valence-corrected chi connectivity index (χ0v) is 17.2. The van der Waals surface area contributed by atoms with Gasteiger partial charge >= 0.3 is 0 Å². The summed E-state index contributed by atoms with van der Waals surface area (Å²) in [6.07, 6.45) is 0.939. The number of carbonyl (C=O) groups is 1. The van der Waals surface area contributed by atoms with E-state index in [-0.39, 0.29) is 5.91 Å². The van der Waals surface area contributed by atoms with Crippen molar-refractivity contribution >= 4 is 34.1 Å². The minimum absolute atomic E-state index is 0.126. The SMILES string of the molecule is CCCN(Cc1ccc(C)cc1)C(=O)CSc1nnc(NCCOC)s1. The highest BCUT2D eigenvalue weighted by atomic mass is 32.2. The first-order valence-corrected chi connectivity index (χ1v) is 10.4. The van der Waals surface area contributed by atoms with Gasteiger partial charge in [0.05, 0.1) is 12.4 Å². The van der Waals surface area contributed by atoms with Crippen LogP contribution in [0.15, 0.2) is 28.6 Å². The van der Waals surface area contributed by atoms with Crippen molar-refractivity contribution in [3.05, 3.63) is 35.4 Å². The molecule has 1 N–H and O–H groups in total. The van der Waals surface area contributed by atoms with Gasteiger partial charge in [0.15, 0.2) is 4.34 Å². The van der Waals surface area contributed by atoms with Gasteiger partial charge in [-0.15, -0.1) is 10.2 Å². The lowest BCUT2D eigenvalue weighted by Crippen LogP contribution is -2.32. The molecule has 142 valence electrons. The topological polar surface area (TPSA) is 67.4 Å². The maximum Gasteiger partial charge on any atom is 0.233 e. The Morgan fingerprint density at radius 3 is 2.77 bits per heavy atom. The van der Waals surface area contributed by atoms with Crippen LogP contribution in [0.5, 0.6) is 0 Å². The van der Waals surface area contributed by atoms with Crippen molar-refractivity contribution in [2.24, 2.45) is 0 Å². The second-order valence-electron chi connectivity index (χ2n) is 5.88. The van der Waals surface area contributed by atoms with E-state index in [1.54, 1.807) is 7.11 Å². The number of rotatable bonds is 11. The molecule has 26 heavy (non-hydrogen) atoms. The Morgan fingerprint density at radius 2 is 2.08 bits per heavy atom. The number of hydrogen-bond acceptors (Lipinski definition) is 7. The van der Waals surface area contributed by atoms with Crippen LogP contribution in [0.1, 0.15) is 24.5 Å². The van der Waals surface area contributed by atoms with Crippen molar-refractivity contribution in [3.8, 4) is 0 Å². The van der Waals surface area contributed by atoms with Crippen molar-refractivity contribution in [2.45, 2.75) is 31.2 Å². The van der Waals surface area contributed by atoms with E-state index < -0.39 is 0 Å². The van der Waals surface area contributed by atoms with E-state index in [1.165, 1.54) is 28.7 Å². The normalized spacial score (nSPS) is 10.7. The Bertz CT molecular complexity index is 676. The summed E-state index contributed by atoms with van der Waals surface area (Å²) in [4.78, 5) is 14.5. The minimum atomic E-state index is 0.126. The van der Waals surface area contributed by atoms with Crippen LogP contribution in [0.25, 0.3) is 0 Å². The number of methoxy groups -OCH3 is 1. The highest BCUT2D eigenvalue weighted by Crippen LogP contribution is 2.25. The summed E-state index contributed by atoms with van der Waals surface area (Å²) in [5, 5.41) is 12.1.